The molecule has 3 aromatic rings. The zero-order chi connectivity index (χ0) is 20.9. The van der Waals surface area contributed by atoms with Crippen molar-refractivity contribution in [1.82, 2.24) is 0 Å². The maximum atomic E-state index is 15.1. The Balaban J connectivity index is 1.42. The van der Waals surface area contributed by atoms with Gasteiger partial charge in [-0.15, -0.1) is 0 Å². The van der Waals surface area contributed by atoms with Crippen LogP contribution in [0.15, 0.2) is 73.3 Å². The van der Waals surface area contributed by atoms with Crippen LogP contribution in [-0.4, -0.2) is 0 Å². The molecule has 0 saturated heterocycles. The maximum absolute atomic E-state index is 15.1. The van der Waals surface area contributed by atoms with Crippen LogP contribution in [-0.2, 0) is 6.42 Å². The van der Waals surface area contributed by atoms with E-state index < -0.39 is 0 Å². The first-order valence-electron chi connectivity index (χ1n) is 11.2. The molecular weight excluding hydrogens is 367 g/mol. The van der Waals surface area contributed by atoms with Gasteiger partial charge in [0.25, 0.3) is 0 Å². The summed E-state index contributed by atoms with van der Waals surface area (Å²) in [6.07, 6.45) is 14.1. The molecule has 0 heterocycles. The summed E-state index contributed by atoms with van der Waals surface area (Å²) in [7, 11) is 0. The van der Waals surface area contributed by atoms with E-state index in [0.717, 1.165) is 34.8 Å². The van der Waals surface area contributed by atoms with Gasteiger partial charge in [-0.1, -0.05) is 73.3 Å². The van der Waals surface area contributed by atoms with Crippen LogP contribution in [0.25, 0.3) is 28.0 Å². The average Bonchev–Trinajstić information content (AvgIpc) is 2.79. The SMILES string of the molecule is C=Cc1ccc2c(F)c(-c3ccc(CCC4CCC(/C=C/C)CC4)cc3)ccc2c1. The third-order valence-corrected chi connectivity index (χ3v) is 6.68. The fraction of sp³-hybridized carbons (Fsp3) is 0.310. The van der Waals surface area contributed by atoms with Crippen LogP contribution < -0.4 is 0 Å². The van der Waals surface area contributed by atoms with Crippen LogP contribution in [0, 0.1) is 17.7 Å². The lowest BCUT2D eigenvalue weighted by atomic mass is 9.79. The molecule has 0 aliphatic heterocycles. The van der Waals surface area contributed by atoms with Crippen molar-refractivity contribution in [3.8, 4) is 11.1 Å². The van der Waals surface area contributed by atoms with E-state index in [0.29, 0.717) is 10.9 Å². The van der Waals surface area contributed by atoms with Gasteiger partial charge >= 0.3 is 0 Å². The van der Waals surface area contributed by atoms with Gasteiger partial charge in [0, 0.05) is 10.9 Å². The molecule has 0 bridgehead atoms. The van der Waals surface area contributed by atoms with Crippen LogP contribution in [0.3, 0.4) is 0 Å². The van der Waals surface area contributed by atoms with Crippen molar-refractivity contribution in [3.05, 3.63) is 90.3 Å². The van der Waals surface area contributed by atoms with Crippen LogP contribution in [0.2, 0.25) is 0 Å². The van der Waals surface area contributed by atoms with Crippen LogP contribution in [0.4, 0.5) is 4.39 Å². The largest absolute Gasteiger partial charge is 0.206 e. The summed E-state index contributed by atoms with van der Waals surface area (Å²) in [6, 6.07) is 18.1. The van der Waals surface area contributed by atoms with Crippen LogP contribution >= 0.6 is 0 Å². The van der Waals surface area contributed by atoms with Crippen molar-refractivity contribution in [3.63, 3.8) is 0 Å². The predicted molar refractivity (Wildman–Crippen MR) is 128 cm³/mol. The lowest BCUT2D eigenvalue weighted by Crippen LogP contribution is -2.13. The van der Waals surface area contributed by atoms with Crippen molar-refractivity contribution in [2.45, 2.75) is 45.4 Å². The number of hydrogen-bond acceptors (Lipinski definition) is 0. The molecule has 0 radical (unpaired) electrons. The standard InChI is InChI=1S/C29H31F/c1-3-5-22-6-8-23(9-7-22)10-11-24-12-15-25(16-13-24)27-19-17-26-20-21(4-2)14-18-28(26)29(27)30/h3-5,12-20,22-23H,2,6-11H2,1H3/b5-3+. The van der Waals surface area contributed by atoms with Gasteiger partial charge in [0.15, 0.2) is 0 Å². The molecule has 0 amide bonds. The van der Waals surface area contributed by atoms with E-state index in [9.17, 15) is 0 Å². The van der Waals surface area contributed by atoms with Gasteiger partial charge in [0.2, 0.25) is 0 Å². The summed E-state index contributed by atoms with van der Waals surface area (Å²) < 4.78 is 15.1. The van der Waals surface area contributed by atoms with Gasteiger partial charge in [-0.25, -0.2) is 4.39 Å². The van der Waals surface area contributed by atoms with E-state index in [2.05, 4.69) is 49.9 Å². The van der Waals surface area contributed by atoms with Crippen molar-refractivity contribution in [2.24, 2.45) is 11.8 Å². The second-order valence-corrected chi connectivity index (χ2v) is 8.65. The Bertz CT molecular complexity index is 1030. The van der Waals surface area contributed by atoms with E-state index in [1.165, 1.54) is 37.7 Å². The third-order valence-electron chi connectivity index (χ3n) is 6.68. The van der Waals surface area contributed by atoms with E-state index >= 15 is 4.39 Å². The molecule has 1 aliphatic rings. The molecule has 1 heteroatoms. The Kier molecular flexibility index (Phi) is 6.47. The van der Waals surface area contributed by atoms with E-state index in [1.807, 2.05) is 30.3 Å². The normalized spacial score (nSPS) is 19.4. The van der Waals surface area contributed by atoms with E-state index in [-0.39, 0.29) is 5.82 Å². The first-order valence-corrected chi connectivity index (χ1v) is 11.2. The molecule has 0 aromatic heterocycles. The maximum Gasteiger partial charge on any atom is 0.138 e. The highest BCUT2D eigenvalue weighted by Crippen LogP contribution is 2.33. The molecule has 1 saturated carbocycles. The number of benzene rings is 3. The minimum atomic E-state index is -0.145. The number of rotatable bonds is 6. The number of fused-ring (bicyclic) bond motifs is 1. The van der Waals surface area contributed by atoms with Crippen molar-refractivity contribution in [1.29, 1.82) is 0 Å². The number of aryl methyl sites for hydroxylation is 1. The highest BCUT2D eigenvalue weighted by molar-refractivity contribution is 5.89. The quantitative estimate of drug-likeness (QED) is 0.365. The summed E-state index contributed by atoms with van der Waals surface area (Å²) in [4.78, 5) is 0. The monoisotopic (exact) mass is 398 g/mol. The van der Waals surface area contributed by atoms with Gasteiger partial charge in [0.1, 0.15) is 5.82 Å². The van der Waals surface area contributed by atoms with E-state index in [1.54, 1.807) is 6.08 Å². The topological polar surface area (TPSA) is 0 Å². The zero-order valence-electron chi connectivity index (χ0n) is 17.9. The van der Waals surface area contributed by atoms with Gasteiger partial charge in [-0.05, 0) is 85.4 Å². The number of allylic oxidation sites excluding steroid dienone is 2. The van der Waals surface area contributed by atoms with Crippen molar-refractivity contribution < 1.29 is 4.39 Å². The Morgan fingerprint density at radius 1 is 0.967 bits per heavy atom. The molecule has 3 aromatic carbocycles. The number of halogens is 1. The minimum absolute atomic E-state index is 0.145. The van der Waals surface area contributed by atoms with Crippen LogP contribution in [0.5, 0.6) is 0 Å². The lowest BCUT2D eigenvalue weighted by Gasteiger charge is -2.26. The Morgan fingerprint density at radius 3 is 2.43 bits per heavy atom. The average molecular weight is 399 g/mol. The summed E-state index contributed by atoms with van der Waals surface area (Å²) >= 11 is 0. The Labute approximate surface area is 180 Å². The Morgan fingerprint density at radius 2 is 1.73 bits per heavy atom. The summed E-state index contributed by atoms with van der Waals surface area (Å²) in [5.41, 5.74) is 3.97. The smallest absolute Gasteiger partial charge is 0.138 e. The second kappa shape index (κ2) is 9.43. The number of hydrogen-bond donors (Lipinski definition) is 0. The highest BCUT2D eigenvalue weighted by Gasteiger charge is 2.19. The van der Waals surface area contributed by atoms with Crippen molar-refractivity contribution >= 4 is 16.8 Å². The summed E-state index contributed by atoms with van der Waals surface area (Å²) in [5.74, 6) is 1.50. The zero-order valence-corrected chi connectivity index (χ0v) is 17.9. The molecule has 1 aliphatic carbocycles. The fourth-order valence-electron chi connectivity index (χ4n) is 4.82. The molecule has 1 fully saturated rings. The molecular formula is C29H31F. The third kappa shape index (κ3) is 4.56. The van der Waals surface area contributed by atoms with E-state index in [4.69, 9.17) is 0 Å². The first kappa shape index (κ1) is 20.6. The second-order valence-electron chi connectivity index (χ2n) is 8.65. The van der Waals surface area contributed by atoms with Gasteiger partial charge in [0.05, 0.1) is 0 Å². The first-order chi connectivity index (χ1) is 14.7. The fourth-order valence-corrected chi connectivity index (χ4v) is 4.82. The molecule has 0 nitrogen and oxygen atoms in total. The minimum Gasteiger partial charge on any atom is -0.206 e. The molecule has 4 rings (SSSR count). The molecule has 30 heavy (non-hydrogen) atoms. The molecule has 0 atom stereocenters. The Hall–Kier alpha value is -2.67. The predicted octanol–water partition coefficient (Wildman–Crippen LogP) is 8.60. The summed E-state index contributed by atoms with van der Waals surface area (Å²) in [6.45, 7) is 5.92. The van der Waals surface area contributed by atoms with Gasteiger partial charge in [-0.2, -0.15) is 0 Å². The summed E-state index contributed by atoms with van der Waals surface area (Å²) in [5, 5.41) is 1.57. The van der Waals surface area contributed by atoms with Gasteiger partial charge < -0.3 is 0 Å². The molecule has 154 valence electrons. The molecule has 0 N–H and O–H groups in total. The lowest BCUT2D eigenvalue weighted by molar-refractivity contribution is 0.296. The molecule has 0 spiro atoms. The molecule has 0 unspecified atom stereocenters. The van der Waals surface area contributed by atoms with Crippen LogP contribution in [0.1, 0.15) is 50.2 Å². The highest BCUT2D eigenvalue weighted by atomic mass is 19.1. The van der Waals surface area contributed by atoms with Crippen molar-refractivity contribution in [2.75, 3.05) is 0 Å². The van der Waals surface area contributed by atoms with Gasteiger partial charge in [-0.3, -0.25) is 0 Å².